The quantitative estimate of drug-likeness (QED) is 0.747. The molecule has 0 unspecified atom stereocenters. The molecule has 2 aromatic rings. The number of hydrogen-bond donors (Lipinski definition) is 0. The Balaban J connectivity index is 2.55. The van der Waals surface area contributed by atoms with E-state index in [0.29, 0.717) is 0 Å². The maximum Gasteiger partial charge on any atom is 0.0715 e. The van der Waals surface area contributed by atoms with E-state index in [-0.39, 0.29) is 0 Å². The van der Waals surface area contributed by atoms with Crippen LogP contribution in [0, 0.1) is 6.92 Å². The van der Waals surface area contributed by atoms with Gasteiger partial charge in [-0.1, -0.05) is 34.1 Å². The molecule has 2 heteroatoms. The third-order valence-electron chi connectivity index (χ3n) is 2.07. The van der Waals surface area contributed by atoms with Crippen molar-refractivity contribution < 1.29 is 0 Å². The van der Waals surface area contributed by atoms with Crippen LogP contribution in [0.1, 0.15) is 5.56 Å². The van der Waals surface area contributed by atoms with Crippen LogP contribution >= 0.6 is 15.9 Å². The average molecular weight is 248 g/mol. The van der Waals surface area contributed by atoms with Gasteiger partial charge in [-0.3, -0.25) is 4.98 Å². The Bertz CT molecular complexity index is 452. The monoisotopic (exact) mass is 247 g/mol. The molecule has 0 fully saturated rings. The molecule has 1 aromatic carbocycles. The normalized spacial score (nSPS) is 10.1. The van der Waals surface area contributed by atoms with Gasteiger partial charge in [0.15, 0.2) is 0 Å². The lowest BCUT2D eigenvalue weighted by atomic mass is 10.1. The van der Waals surface area contributed by atoms with Gasteiger partial charge in [-0.25, -0.2) is 0 Å². The summed E-state index contributed by atoms with van der Waals surface area (Å²) in [5, 5.41) is 0. The zero-order chi connectivity index (χ0) is 9.97. The van der Waals surface area contributed by atoms with E-state index in [0.717, 1.165) is 15.7 Å². The number of rotatable bonds is 1. The van der Waals surface area contributed by atoms with E-state index in [1.807, 2.05) is 30.5 Å². The average Bonchev–Trinajstić information content (AvgIpc) is 2.18. The van der Waals surface area contributed by atoms with Crippen LogP contribution in [0.5, 0.6) is 0 Å². The summed E-state index contributed by atoms with van der Waals surface area (Å²) in [6.07, 6.45) is 1.84. The lowest BCUT2D eigenvalue weighted by molar-refractivity contribution is 1.28. The summed E-state index contributed by atoms with van der Waals surface area (Å²) in [6, 6.07) is 12.2. The number of halogens is 1. The summed E-state index contributed by atoms with van der Waals surface area (Å²) in [5.74, 6) is 0. The van der Waals surface area contributed by atoms with Crippen LogP contribution in [0.3, 0.4) is 0 Å². The van der Waals surface area contributed by atoms with Gasteiger partial charge < -0.3 is 0 Å². The van der Waals surface area contributed by atoms with E-state index in [4.69, 9.17) is 0 Å². The molecular formula is C12H10BrN. The molecule has 0 saturated heterocycles. The van der Waals surface area contributed by atoms with Crippen LogP contribution in [0.4, 0.5) is 0 Å². The van der Waals surface area contributed by atoms with Crippen LogP contribution in [0.25, 0.3) is 11.3 Å². The molecule has 2 rings (SSSR count). The van der Waals surface area contributed by atoms with Crippen molar-refractivity contribution in [2.75, 3.05) is 0 Å². The van der Waals surface area contributed by atoms with Crippen LogP contribution in [0.2, 0.25) is 0 Å². The van der Waals surface area contributed by atoms with Crippen molar-refractivity contribution in [1.29, 1.82) is 0 Å². The lowest BCUT2D eigenvalue weighted by Gasteiger charge is -2.03. The Morgan fingerprint density at radius 1 is 1.14 bits per heavy atom. The molecule has 0 radical (unpaired) electrons. The molecule has 70 valence electrons. The van der Waals surface area contributed by atoms with Gasteiger partial charge in [0.05, 0.1) is 5.69 Å². The Morgan fingerprint density at radius 3 is 2.64 bits per heavy atom. The fourth-order valence-electron chi connectivity index (χ4n) is 1.35. The highest BCUT2D eigenvalue weighted by molar-refractivity contribution is 9.10. The first-order chi connectivity index (χ1) is 6.77. The fourth-order valence-corrected chi connectivity index (χ4v) is 1.84. The number of hydrogen-bond acceptors (Lipinski definition) is 1. The molecule has 0 bridgehead atoms. The highest BCUT2D eigenvalue weighted by Crippen LogP contribution is 2.26. The van der Waals surface area contributed by atoms with E-state index in [1.54, 1.807) is 0 Å². The van der Waals surface area contributed by atoms with Crippen molar-refractivity contribution in [3.8, 4) is 11.3 Å². The zero-order valence-electron chi connectivity index (χ0n) is 7.87. The SMILES string of the molecule is Cc1ccnc(-c2ccccc2Br)c1. The molecule has 0 N–H and O–H groups in total. The van der Waals surface area contributed by atoms with E-state index in [1.165, 1.54) is 5.56 Å². The van der Waals surface area contributed by atoms with Gasteiger partial charge in [0.2, 0.25) is 0 Å². The summed E-state index contributed by atoms with van der Waals surface area (Å²) in [6.45, 7) is 2.07. The minimum Gasteiger partial charge on any atom is -0.256 e. The third kappa shape index (κ3) is 1.85. The van der Waals surface area contributed by atoms with E-state index in [2.05, 4.69) is 40.0 Å². The lowest BCUT2D eigenvalue weighted by Crippen LogP contribution is -1.84. The molecule has 14 heavy (non-hydrogen) atoms. The van der Waals surface area contributed by atoms with Crippen molar-refractivity contribution >= 4 is 15.9 Å². The topological polar surface area (TPSA) is 12.9 Å². The highest BCUT2D eigenvalue weighted by atomic mass is 79.9. The second-order valence-electron chi connectivity index (χ2n) is 3.20. The van der Waals surface area contributed by atoms with Gasteiger partial charge in [0, 0.05) is 16.2 Å². The third-order valence-corrected chi connectivity index (χ3v) is 2.76. The second kappa shape index (κ2) is 3.93. The number of aromatic nitrogens is 1. The molecule has 0 aliphatic carbocycles. The van der Waals surface area contributed by atoms with Crippen molar-refractivity contribution in [3.63, 3.8) is 0 Å². The minimum atomic E-state index is 1.01. The Morgan fingerprint density at radius 2 is 1.93 bits per heavy atom. The summed E-state index contributed by atoms with van der Waals surface area (Å²) < 4.78 is 1.08. The highest BCUT2D eigenvalue weighted by Gasteiger charge is 2.02. The molecule has 1 aromatic heterocycles. The standard InChI is InChI=1S/C12H10BrN/c1-9-6-7-14-12(8-9)10-4-2-3-5-11(10)13/h2-8H,1H3. The summed E-state index contributed by atoms with van der Waals surface area (Å²) in [7, 11) is 0. The fraction of sp³-hybridized carbons (Fsp3) is 0.0833. The van der Waals surface area contributed by atoms with Crippen molar-refractivity contribution in [2.24, 2.45) is 0 Å². The maximum atomic E-state index is 4.34. The molecule has 0 aliphatic rings. The molecule has 0 saturated carbocycles. The summed E-state index contributed by atoms with van der Waals surface area (Å²) >= 11 is 3.52. The minimum absolute atomic E-state index is 1.01. The molecule has 1 nitrogen and oxygen atoms in total. The first-order valence-electron chi connectivity index (χ1n) is 4.45. The van der Waals surface area contributed by atoms with Crippen LogP contribution in [-0.2, 0) is 0 Å². The van der Waals surface area contributed by atoms with Gasteiger partial charge >= 0.3 is 0 Å². The van der Waals surface area contributed by atoms with Crippen LogP contribution < -0.4 is 0 Å². The van der Waals surface area contributed by atoms with Gasteiger partial charge in [-0.2, -0.15) is 0 Å². The number of pyridine rings is 1. The van der Waals surface area contributed by atoms with Gasteiger partial charge in [0.25, 0.3) is 0 Å². The van der Waals surface area contributed by atoms with Crippen LogP contribution in [-0.4, -0.2) is 4.98 Å². The predicted molar refractivity (Wildman–Crippen MR) is 62.1 cm³/mol. The molecule has 0 atom stereocenters. The predicted octanol–water partition coefficient (Wildman–Crippen LogP) is 3.82. The zero-order valence-corrected chi connectivity index (χ0v) is 9.45. The van der Waals surface area contributed by atoms with Crippen molar-refractivity contribution in [1.82, 2.24) is 4.98 Å². The molecule has 0 spiro atoms. The first-order valence-corrected chi connectivity index (χ1v) is 5.24. The molecule has 0 aliphatic heterocycles. The first kappa shape index (κ1) is 9.41. The van der Waals surface area contributed by atoms with Crippen molar-refractivity contribution in [3.05, 3.63) is 52.6 Å². The molecular weight excluding hydrogens is 238 g/mol. The molecule has 0 amide bonds. The Hall–Kier alpha value is -1.15. The smallest absolute Gasteiger partial charge is 0.0715 e. The van der Waals surface area contributed by atoms with Gasteiger partial charge in [0.1, 0.15) is 0 Å². The van der Waals surface area contributed by atoms with E-state index < -0.39 is 0 Å². The van der Waals surface area contributed by atoms with Gasteiger partial charge in [-0.15, -0.1) is 0 Å². The largest absolute Gasteiger partial charge is 0.256 e. The number of aryl methyl sites for hydroxylation is 1. The van der Waals surface area contributed by atoms with Crippen molar-refractivity contribution in [2.45, 2.75) is 6.92 Å². The number of nitrogens with zero attached hydrogens (tertiary/aromatic N) is 1. The van der Waals surface area contributed by atoms with E-state index >= 15 is 0 Å². The summed E-state index contributed by atoms with van der Waals surface area (Å²) in [4.78, 5) is 4.34. The molecule has 1 heterocycles. The summed E-state index contributed by atoms with van der Waals surface area (Å²) in [5.41, 5.74) is 3.37. The Labute approximate surface area is 91.9 Å². The van der Waals surface area contributed by atoms with Crippen LogP contribution in [0.15, 0.2) is 47.1 Å². The van der Waals surface area contributed by atoms with E-state index in [9.17, 15) is 0 Å². The maximum absolute atomic E-state index is 4.34. The second-order valence-corrected chi connectivity index (χ2v) is 4.05. The van der Waals surface area contributed by atoms with Gasteiger partial charge in [-0.05, 0) is 30.7 Å². The Kier molecular flexibility index (Phi) is 2.64. The number of benzene rings is 1.